The molecule has 16 aromatic rings. The minimum Gasteiger partial charge on any atom is -0.510 e. The summed E-state index contributed by atoms with van der Waals surface area (Å²) in [6, 6.07) is 15.5. The van der Waals surface area contributed by atoms with Crippen LogP contribution >= 0.6 is 0 Å². The molecule has 0 fully saturated rings. The summed E-state index contributed by atoms with van der Waals surface area (Å²) in [6.45, 7) is 15.4. The Kier molecular flexibility index (Phi) is 10.8. The summed E-state index contributed by atoms with van der Waals surface area (Å²) >= 11 is 0. The van der Waals surface area contributed by atoms with Gasteiger partial charge in [-0.1, -0.05) is 316 Å². The van der Waals surface area contributed by atoms with E-state index in [0.29, 0.717) is 38.4 Å². The molecule has 0 unspecified atom stereocenters. The normalized spacial score (nSPS) is 16.5. The number of benzene rings is 13. The maximum Gasteiger partial charge on any atom is 0.268 e. The first-order chi connectivity index (χ1) is 63.1. The Balaban J connectivity index is 0.0000141. The van der Waals surface area contributed by atoms with Gasteiger partial charge in [-0.2, -0.15) is 18.2 Å². The van der Waals surface area contributed by atoms with Gasteiger partial charge >= 0.3 is 0 Å². The zero-order chi connectivity index (χ0) is 98.5. The van der Waals surface area contributed by atoms with E-state index in [0.717, 1.165) is 22.9 Å². The van der Waals surface area contributed by atoms with Crippen molar-refractivity contribution in [3.8, 4) is 84.3 Å². The molecule has 3 heterocycles. The maximum absolute atomic E-state index is 11.4. The van der Waals surface area contributed by atoms with Crippen molar-refractivity contribution in [3.05, 3.63) is 356 Å². The second-order valence-corrected chi connectivity index (χ2v) is 31.6. The Labute approximate surface area is 672 Å². The first kappa shape index (κ1) is 40.7. The molecule has 0 spiro atoms. The summed E-state index contributed by atoms with van der Waals surface area (Å²) in [5, 5.41) is -3.16. The number of imidazole rings is 1. The summed E-state index contributed by atoms with van der Waals surface area (Å²) in [7, 11) is -6.60. The van der Waals surface area contributed by atoms with E-state index in [9.17, 15) is 27.4 Å². The molecule has 0 bridgehead atoms. The molecule has 13 aromatic carbocycles. The number of pyridine rings is 1. The summed E-state index contributed by atoms with van der Waals surface area (Å²) in [6.07, 6.45) is 4.75. The van der Waals surface area contributed by atoms with E-state index < -0.39 is 244 Å². The molecular formula is C97H82N4OPtSi-2. The van der Waals surface area contributed by atoms with Crippen LogP contribution in [0, 0.1) is 25.3 Å². The first-order valence-electron chi connectivity index (χ1n) is 49.2. The van der Waals surface area contributed by atoms with Gasteiger partial charge in [0.05, 0.1) is 56.5 Å². The van der Waals surface area contributed by atoms with Gasteiger partial charge < -0.3 is 13.9 Å². The zero-order valence-corrected chi connectivity index (χ0v) is 61.1. The van der Waals surface area contributed by atoms with Crippen LogP contribution in [0.5, 0.6) is 11.5 Å². The number of rotatable bonds is 14. The van der Waals surface area contributed by atoms with Crippen molar-refractivity contribution in [1.29, 1.82) is 0 Å². The molecule has 0 amide bonds. The third kappa shape index (κ3) is 12.9. The van der Waals surface area contributed by atoms with Crippen molar-refractivity contribution in [2.45, 2.75) is 85.4 Å². The number of aryl methyl sites for hydroxylation is 1. The molecule has 104 heavy (non-hydrogen) atoms. The van der Waals surface area contributed by atoms with Gasteiger partial charge in [0.25, 0.3) is 6.33 Å². The number of aromatic nitrogens is 4. The molecule has 5 nitrogen and oxygen atoms in total. The van der Waals surface area contributed by atoms with Gasteiger partial charge in [-0.25, -0.2) is 4.98 Å². The molecule has 0 saturated heterocycles. The molecule has 0 aliphatic rings. The molecule has 0 radical (unpaired) electrons. The van der Waals surface area contributed by atoms with E-state index in [2.05, 4.69) is 78.2 Å². The Morgan fingerprint density at radius 3 is 1.62 bits per heavy atom. The number of hydrogen-bond donors (Lipinski definition) is 0. The number of fused-ring (bicyclic) bond motifs is 4. The van der Waals surface area contributed by atoms with Crippen LogP contribution in [0.3, 0.4) is 0 Å². The minimum atomic E-state index is -6.60. The fourth-order valence-electron chi connectivity index (χ4n) is 13.1. The van der Waals surface area contributed by atoms with Crippen LogP contribution < -0.4 is 30.1 Å². The van der Waals surface area contributed by atoms with Crippen LogP contribution in [-0.4, -0.2) is 22.2 Å². The molecule has 0 aliphatic heterocycles. The van der Waals surface area contributed by atoms with E-state index in [1.807, 2.05) is 51.1 Å². The fourth-order valence-corrected chi connectivity index (χ4v) is 16.6. The second-order valence-electron chi connectivity index (χ2n) is 28.1. The standard InChI is InChI=1S/C97H82N4OSi.Pt/c1-66-53-93(98-64-88(66)68-33-18-12-19-34-68)101-89-48-27-26-47-84(89)85-51-50-79(63-91(85)101)102-78-39-30-38-77(62-78)99-65-100(90-52-49-69(60-92(90)99)72-55-75(96(5,6)7)61-76(56-72)97(8,9)10)94-86(70-35-28-37-74(54-70)95(2,3)4)58-73(67-31-16-11-17-32-67)59-87(94)71-36-29-46-83(57-71)103(80-40-20-13-21-41-80,81-42-22-14-23-43-81)82-44-24-15-25-45-82;/h11-61,64H,1-10H3;/q-2;/i1D3,11D,12D,13D,14D,15D,16D,17D,18D,19D,20D,21D,22D,23D,24D,25D,29D,31D,32D,33D,34D,36D,40D,41D,42D,43D,44D,45D,46D,57D;. The monoisotopic (exact) mass is 1570 g/mol. The Bertz CT molecular complexity index is 7500. The van der Waals surface area contributed by atoms with Crippen molar-refractivity contribution >= 4 is 61.7 Å². The molecule has 16 rings (SSSR count). The summed E-state index contributed by atoms with van der Waals surface area (Å²) in [4.78, 5) is 4.74. The van der Waals surface area contributed by atoms with Gasteiger partial charge in [-0.3, -0.25) is 4.57 Å². The van der Waals surface area contributed by atoms with Crippen LogP contribution in [0.4, 0.5) is 0 Å². The quantitative estimate of drug-likeness (QED) is 0.0471. The number of hydrogen-bond acceptors (Lipinski definition) is 2. The Hall–Kier alpha value is -11.0. The van der Waals surface area contributed by atoms with Crippen molar-refractivity contribution < 1.29 is 74.2 Å². The van der Waals surface area contributed by atoms with Crippen LogP contribution in [0.25, 0.3) is 106 Å². The van der Waals surface area contributed by atoms with Crippen molar-refractivity contribution in [2.75, 3.05) is 0 Å². The molecule has 512 valence electrons. The van der Waals surface area contributed by atoms with Gasteiger partial charge in [0.15, 0.2) is 8.07 Å². The second kappa shape index (κ2) is 27.6. The largest absolute Gasteiger partial charge is 0.510 e. The van der Waals surface area contributed by atoms with Gasteiger partial charge in [0.1, 0.15) is 5.82 Å². The zero-order valence-electron chi connectivity index (χ0n) is 89.8. The number of para-hydroxylation sites is 1. The maximum atomic E-state index is 11.4. The Morgan fingerprint density at radius 1 is 0.433 bits per heavy atom. The molecular weight excluding hydrogens is 1460 g/mol. The van der Waals surface area contributed by atoms with E-state index in [-0.39, 0.29) is 88.7 Å². The molecule has 7 heteroatoms. The SMILES string of the molecule is [2H]c1c([2H])c([2H])c(-c2cc(-c3cccc(C(C)(C)C)c3)c(-[n+]3[c-]n(-c4[c-]c(Oc5[c-]c6c(cc5)c5ccccc5n6-c5cc(C([2H])([2H])[2H])c(-c6c([2H])c([2H])c([2H])c([2H])c6[2H])cn5)ccc4)c4cc(-c5cc(C(C)(C)C)cc(C(C)(C)C)c5)ccc43)c(-c3c([2H])c([2H])c([2H])c([Si](c4c([2H])c([2H])c([2H])c([2H])c4[2H])(c4c([2H])c([2H])c([2H])c([2H])c4[2H])c4c([2H])c([2H])c([2H])c([2H])c4[2H])c3[2H])c2)c([2H])c1[2H].[Pt]. The summed E-state index contributed by atoms with van der Waals surface area (Å²) < 4.78 is 314. The summed E-state index contributed by atoms with van der Waals surface area (Å²) in [5.74, 6) is 0.159. The average molecular weight is 1580 g/mol. The van der Waals surface area contributed by atoms with Crippen molar-refractivity contribution in [2.24, 2.45) is 0 Å². The molecule has 0 atom stereocenters. The third-order valence-electron chi connectivity index (χ3n) is 18.4. The van der Waals surface area contributed by atoms with Gasteiger partial charge in [-0.05, 0) is 158 Å². The first-order valence-corrected chi connectivity index (χ1v) is 35.2. The number of ether oxygens (including phenoxy) is 1. The van der Waals surface area contributed by atoms with Crippen molar-refractivity contribution in [1.82, 2.24) is 14.1 Å². The Morgan fingerprint density at radius 2 is 0.990 bits per heavy atom. The number of nitrogens with zero attached hydrogens (tertiary/aromatic N) is 4. The fraction of sp³-hybridized carbons (Fsp3) is 0.134. The van der Waals surface area contributed by atoms with Gasteiger partial charge in [0.2, 0.25) is 0 Å². The van der Waals surface area contributed by atoms with Crippen LogP contribution in [-0.2, 0) is 37.3 Å². The minimum absolute atomic E-state index is 0. The third-order valence-corrected chi connectivity index (χ3v) is 22.4. The van der Waals surface area contributed by atoms with E-state index in [1.54, 1.807) is 75.9 Å². The molecule has 0 saturated carbocycles. The molecule has 0 aliphatic carbocycles. The van der Waals surface area contributed by atoms with Crippen molar-refractivity contribution in [3.63, 3.8) is 0 Å². The topological polar surface area (TPSA) is 35.9 Å². The predicted octanol–water partition coefficient (Wildman–Crippen LogP) is 21.5. The predicted molar refractivity (Wildman–Crippen MR) is 432 cm³/mol. The summed E-state index contributed by atoms with van der Waals surface area (Å²) in [5.41, 5.74) is 1.38. The van der Waals surface area contributed by atoms with Crippen LogP contribution in [0.15, 0.2) is 315 Å². The molecule has 3 aromatic heterocycles. The van der Waals surface area contributed by atoms with E-state index in [4.69, 9.17) is 26.2 Å². The van der Waals surface area contributed by atoms with E-state index >= 15 is 0 Å². The smallest absolute Gasteiger partial charge is 0.268 e. The van der Waals surface area contributed by atoms with Gasteiger partial charge in [-0.15, -0.1) is 29.7 Å². The molecule has 0 N–H and O–H groups in total. The average Bonchev–Trinajstić information content (AvgIpc) is 0.714. The van der Waals surface area contributed by atoms with Crippen LogP contribution in [0.1, 0.15) is 128 Å². The van der Waals surface area contributed by atoms with Gasteiger partial charge in [0, 0.05) is 54.0 Å². The van der Waals surface area contributed by atoms with E-state index in [1.165, 1.54) is 22.8 Å². The van der Waals surface area contributed by atoms with Crippen LogP contribution in [0.2, 0.25) is 0 Å².